The quantitative estimate of drug-likeness (QED) is 0.134. The number of halogens is 4. The van der Waals surface area contributed by atoms with Crippen LogP contribution in [0.2, 0.25) is 5.02 Å². The number of fused-ring (bicyclic) bond motifs is 1. The van der Waals surface area contributed by atoms with Crippen molar-refractivity contribution >= 4 is 37.6 Å². The summed E-state index contributed by atoms with van der Waals surface area (Å²) < 4.78 is 68.9. The van der Waals surface area contributed by atoms with E-state index in [0.717, 1.165) is 6.07 Å². The summed E-state index contributed by atoms with van der Waals surface area (Å²) in [6, 6.07) is 11.5. The van der Waals surface area contributed by atoms with Crippen molar-refractivity contribution < 1.29 is 41.2 Å². The Morgan fingerprint density at radius 3 is 2.52 bits per heavy atom. The number of rotatable bonds is 15. The Labute approximate surface area is 271 Å². The van der Waals surface area contributed by atoms with Gasteiger partial charge in [-0.2, -0.15) is 18.2 Å². The zero-order valence-corrected chi connectivity index (χ0v) is 27.6. The smallest absolute Gasteiger partial charge is 0.416 e. The number of alkyl halides is 3. The Hall–Kier alpha value is -3.42. The van der Waals surface area contributed by atoms with Crippen molar-refractivity contribution in [3.8, 4) is 11.6 Å². The van der Waals surface area contributed by atoms with Gasteiger partial charge >= 0.3 is 20.7 Å². The summed E-state index contributed by atoms with van der Waals surface area (Å²) in [4.78, 5) is 23.7. The summed E-state index contributed by atoms with van der Waals surface area (Å²) in [5.74, 6) is 0.785. The zero-order valence-electron chi connectivity index (χ0n) is 25.9. The molecular weight excluding hydrogens is 650 g/mol. The third-order valence-corrected chi connectivity index (χ3v) is 8.85. The predicted octanol–water partition coefficient (Wildman–Crippen LogP) is 6.57. The number of methoxy groups -OCH3 is 2. The number of nitrogens with one attached hydrogen (secondary N) is 2. The molecule has 1 aliphatic rings. The molecule has 11 nitrogen and oxygen atoms in total. The Morgan fingerprint density at radius 2 is 1.85 bits per heavy atom. The maximum atomic E-state index is 13.4. The van der Waals surface area contributed by atoms with Crippen LogP contribution in [0.1, 0.15) is 38.3 Å². The van der Waals surface area contributed by atoms with E-state index in [1.54, 1.807) is 38.5 Å². The number of esters is 1. The van der Waals surface area contributed by atoms with Crippen molar-refractivity contribution in [1.82, 2.24) is 15.1 Å². The Kier molecular flexibility index (Phi) is 11.9. The van der Waals surface area contributed by atoms with E-state index in [4.69, 9.17) is 34.9 Å². The monoisotopic (exact) mass is 685 g/mol. The highest BCUT2D eigenvalue weighted by Crippen LogP contribution is 2.40. The molecule has 46 heavy (non-hydrogen) atoms. The van der Waals surface area contributed by atoms with Gasteiger partial charge in [0.15, 0.2) is 5.82 Å². The maximum absolute atomic E-state index is 13.4. The lowest BCUT2D eigenvalue weighted by molar-refractivity contribution is -0.152. The molecule has 250 valence electrons. The van der Waals surface area contributed by atoms with Gasteiger partial charge in [0.2, 0.25) is 5.88 Å². The van der Waals surface area contributed by atoms with Gasteiger partial charge in [0.25, 0.3) is 0 Å². The first-order valence-electron chi connectivity index (χ1n) is 14.2. The van der Waals surface area contributed by atoms with E-state index in [-0.39, 0.29) is 18.2 Å². The van der Waals surface area contributed by atoms with Crippen LogP contribution in [0.5, 0.6) is 11.6 Å². The van der Waals surface area contributed by atoms with Crippen molar-refractivity contribution in [3.05, 3.63) is 71.0 Å². The van der Waals surface area contributed by atoms with Gasteiger partial charge in [-0.05, 0) is 57.5 Å². The molecule has 0 aliphatic carbocycles. The van der Waals surface area contributed by atoms with E-state index < -0.39 is 44.5 Å². The van der Waals surface area contributed by atoms with Crippen molar-refractivity contribution in [2.45, 2.75) is 57.7 Å². The lowest BCUT2D eigenvalue weighted by Crippen LogP contribution is -2.46. The fraction of sp³-hybridized carbons (Fsp3) is 0.433. The summed E-state index contributed by atoms with van der Waals surface area (Å²) in [7, 11) is 1.11. The number of benzene rings is 2. The van der Waals surface area contributed by atoms with E-state index >= 15 is 0 Å². The van der Waals surface area contributed by atoms with Crippen LogP contribution >= 0.6 is 20.1 Å². The lowest BCUT2D eigenvalue weighted by Gasteiger charge is -2.31. The first kappa shape index (κ1) is 35.4. The fourth-order valence-corrected chi connectivity index (χ4v) is 6.03. The van der Waals surface area contributed by atoms with E-state index in [2.05, 4.69) is 25.3 Å². The zero-order chi connectivity index (χ0) is 33.5. The van der Waals surface area contributed by atoms with Crippen LogP contribution in [0.4, 0.5) is 24.7 Å². The van der Waals surface area contributed by atoms with Gasteiger partial charge in [-0.1, -0.05) is 29.8 Å². The van der Waals surface area contributed by atoms with Crippen molar-refractivity contribution in [2.24, 2.45) is 0 Å². The summed E-state index contributed by atoms with van der Waals surface area (Å²) in [5, 5.41) is 6.80. The minimum atomic E-state index is -4.59. The SMILES string of the molecule is COc1ncnc2c1NCN2C(C)CC(COP(NC(C)(C)C(=O)OCc1ccccc1C(F)(F)F)Oc1ccc(Cl)cc1)OC. The summed E-state index contributed by atoms with van der Waals surface area (Å²) in [6.07, 6.45) is -3.00. The fourth-order valence-electron chi connectivity index (χ4n) is 4.58. The number of ether oxygens (including phenoxy) is 3. The molecule has 0 radical (unpaired) electrons. The molecule has 0 spiro atoms. The molecule has 1 aromatic heterocycles. The predicted molar refractivity (Wildman–Crippen MR) is 168 cm³/mol. The number of nitrogens with zero attached hydrogens (tertiary/aromatic N) is 3. The molecule has 2 aromatic carbocycles. The van der Waals surface area contributed by atoms with Crippen LogP contribution < -0.4 is 24.6 Å². The molecule has 4 rings (SSSR count). The standard InChI is InChI=1S/C30H36ClF3N5O6P/c1-19(39-18-37-25-26(39)35-17-36-27(25)42-5)14-23(41-4)16-44-46(45-22-12-10-21(31)11-13-22)38-29(2,3)28(40)43-15-20-8-6-7-9-24(20)30(32,33)34/h6-13,17,19,23,37-38H,14-16,18H2,1-5H3. The van der Waals surface area contributed by atoms with Crippen LogP contribution in [0.25, 0.3) is 0 Å². The van der Waals surface area contributed by atoms with E-state index in [1.807, 2.05) is 6.92 Å². The van der Waals surface area contributed by atoms with Crippen molar-refractivity contribution in [3.63, 3.8) is 0 Å². The molecule has 3 unspecified atom stereocenters. The van der Waals surface area contributed by atoms with Crippen molar-refractivity contribution in [2.75, 3.05) is 37.7 Å². The first-order valence-corrected chi connectivity index (χ1v) is 15.8. The molecule has 3 atom stereocenters. The van der Waals surface area contributed by atoms with Gasteiger partial charge in [0.05, 0.1) is 32.1 Å². The Balaban J connectivity index is 1.42. The minimum Gasteiger partial charge on any atom is -0.479 e. The average Bonchev–Trinajstić information content (AvgIpc) is 3.47. The van der Waals surface area contributed by atoms with E-state index in [0.29, 0.717) is 41.2 Å². The lowest BCUT2D eigenvalue weighted by atomic mass is 10.1. The molecule has 0 saturated carbocycles. The Bertz CT molecular complexity index is 1470. The average molecular weight is 686 g/mol. The summed E-state index contributed by atoms with van der Waals surface area (Å²) >= 11 is 6.02. The molecule has 1 aliphatic heterocycles. The molecule has 0 saturated heterocycles. The Morgan fingerprint density at radius 1 is 1.13 bits per heavy atom. The van der Waals surface area contributed by atoms with Crippen LogP contribution in [0.3, 0.4) is 0 Å². The second-order valence-electron chi connectivity index (χ2n) is 10.9. The molecule has 2 N–H and O–H groups in total. The second kappa shape index (κ2) is 15.4. The first-order chi connectivity index (χ1) is 21.8. The van der Waals surface area contributed by atoms with E-state index in [9.17, 15) is 18.0 Å². The van der Waals surface area contributed by atoms with Gasteiger partial charge in [0, 0.05) is 23.7 Å². The van der Waals surface area contributed by atoms with Gasteiger partial charge in [-0.3, -0.25) is 4.79 Å². The van der Waals surface area contributed by atoms with E-state index in [1.165, 1.54) is 38.4 Å². The number of aromatic nitrogens is 2. The highest BCUT2D eigenvalue weighted by atomic mass is 35.5. The molecular formula is C30H36ClF3N5O6P. The topological polar surface area (TPSA) is 116 Å². The molecule has 2 heterocycles. The minimum absolute atomic E-state index is 0.0377. The number of hydrogen-bond donors (Lipinski definition) is 2. The van der Waals surface area contributed by atoms with Crippen molar-refractivity contribution in [1.29, 1.82) is 0 Å². The van der Waals surface area contributed by atoms with Crippen LogP contribution in [-0.2, 0) is 31.6 Å². The number of carbonyl (C=O) groups excluding carboxylic acids is 1. The molecule has 0 fully saturated rings. The summed E-state index contributed by atoms with van der Waals surface area (Å²) in [5.41, 5.74) is -1.73. The second-order valence-corrected chi connectivity index (χ2v) is 12.5. The van der Waals surface area contributed by atoms with Gasteiger partial charge in [0.1, 0.15) is 29.9 Å². The van der Waals surface area contributed by atoms with Crippen LogP contribution in [0.15, 0.2) is 54.9 Å². The third-order valence-electron chi connectivity index (χ3n) is 7.10. The largest absolute Gasteiger partial charge is 0.479 e. The summed E-state index contributed by atoms with van der Waals surface area (Å²) in [6.45, 7) is 5.10. The number of carbonyl (C=O) groups is 1. The normalized spacial score (nSPS) is 15.0. The van der Waals surface area contributed by atoms with Crippen LogP contribution in [-0.4, -0.2) is 61.1 Å². The van der Waals surface area contributed by atoms with Gasteiger partial charge in [-0.15, -0.1) is 0 Å². The number of anilines is 2. The van der Waals surface area contributed by atoms with Gasteiger partial charge in [-0.25, -0.2) is 10.1 Å². The molecule has 16 heteroatoms. The maximum Gasteiger partial charge on any atom is 0.416 e. The molecule has 0 amide bonds. The molecule has 0 bridgehead atoms. The van der Waals surface area contributed by atoms with Crippen LogP contribution in [0, 0.1) is 0 Å². The highest BCUT2D eigenvalue weighted by Gasteiger charge is 2.37. The third kappa shape index (κ3) is 9.10. The molecule has 3 aromatic rings. The number of hydrogen-bond acceptors (Lipinski definition) is 11. The highest BCUT2D eigenvalue weighted by molar-refractivity contribution is 7.45. The van der Waals surface area contributed by atoms with Gasteiger partial charge < -0.3 is 33.5 Å².